The molecule has 0 fully saturated rings. The first kappa shape index (κ1) is 67.8. The monoisotopic (exact) mass is 1370 g/mol. The van der Waals surface area contributed by atoms with E-state index in [1.807, 2.05) is 104 Å². The van der Waals surface area contributed by atoms with E-state index >= 15 is 0 Å². The molecule has 0 atom stereocenters. The van der Waals surface area contributed by atoms with Gasteiger partial charge >= 0.3 is 5.97 Å². The van der Waals surface area contributed by atoms with E-state index < -0.39 is 5.97 Å². The van der Waals surface area contributed by atoms with Gasteiger partial charge in [0.15, 0.2) is 0 Å². The standard InChI is InChI=1S/C79H77N5O5S6/c1-7-11-15-17-19-55-43-66(39-35-57-29-31-62(82(57)41-13-9-3)45-65(51-80)89-52-85)90-77(55)75-49-73-71(94-75)47-69(92-73)53-21-25-59(26-22-53)84(61-33-37-64(88-6)38-34-61)60-27-23-54(24-28-60)70-48-72-74(93-70)50-76(95-72)78-56(20-18-16-12-8-2)44-67(91-78)40-36-58-30-32-63(83(58)42-14-10-4)46-68(81-5)79(86)87/h21-40,43-50,52H,7-20,41-42H2,1-4,6H3,(H,86,87)/b39-35+,40-36+,65-45+,68-46-. The smallest absolute Gasteiger partial charge is 0.333 e. The number of carboxylic acids is 1. The fourth-order valence-electron chi connectivity index (χ4n) is 11.8. The first-order valence-corrected chi connectivity index (χ1v) is 37.7. The van der Waals surface area contributed by atoms with Gasteiger partial charge in [-0.15, -0.1) is 68.0 Å². The van der Waals surface area contributed by atoms with Crippen molar-refractivity contribution in [2.45, 2.75) is 131 Å². The van der Waals surface area contributed by atoms with Crippen LogP contribution in [-0.4, -0.2) is 33.8 Å². The van der Waals surface area contributed by atoms with Crippen molar-refractivity contribution in [3.05, 3.63) is 200 Å². The molecule has 0 saturated carbocycles. The lowest BCUT2D eigenvalue weighted by atomic mass is 10.1. The van der Waals surface area contributed by atoms with Gasteiger partial charge in [0.05, 0.1) is 13.7 Å². The average molecular weight is 1370 g/mol. The van der Waals surface area contributed by atoms with Crippen molar-refractivity contribution >= 4 is 153 Å². The fraction of sp³-hybridized carbons (Fsp3) is 0.266. The van der Waals surface area contributed by atoms with E-state index in [-0.39, 0.29) is 11.5 Å². The van der Waals surface area contributed by atoms with E-state index in [9.17, 15) is 20.0 Å². The van der Waals surface area contributed by atoms with Gasteiger partial charge in [-0.3, -0.25) is 9.59 Å². The van der Waals surface area contributed by atoms with E-state index in [4.69, 9.17) is 16.0 Å². The number of allylic oxidation sites excluding steroid dienone is 1. The molecule has 0 aliphatic heterocycles. The number of aromatic nitrogens is 2. The average Bonchev–Trinajstić information content (AvgIpc) is 1.76. The topological polar surface area (TPSA) is 114 Å². The van der Waals surface area contributed by atoms with Crippen molar-refractivity contribution in [1.82, 2.24) is 9.13 Å². The Hall–Kier alpha value is -8.58. The van der Waals surface area contributed by atoms with Crippen LogP contribution in [0.4, 0.5) is 17.1 Å². The van der Waals surface area contributed by atoms with Crippen molar-refractivity contribution in [2.24, 2.45) is 0 Å². The predicted octanol–water partition coefficient (Wildman–Crippen LogP) is 24.7. The third kappa shape index (κ3) is 16.4. The molecular formula is C79H77N5O5S6. The number of nitrogens with zero attached hydrogens (tertiary/aromatic N) is 5. The number of carbonyl (C=O) groups is 2. The van der Waals surface area contributed by atoms with Crippen LogP contribution in [0.15, 0.2) is 145 Å². The number of carboxylic acid groups (broad SMARTS) is 1. The molecule has 8 heterocycles. The lowest BCUT2D eigenvalue weighted by molar-refractivity contribution is -0.132. The normalized spacial score (nSPS) is 12.0. The largest absolute Gasteiger partial charge is 0.497 e. The molecule has 0 aliphatic carbocycles. The van der Waals surface area contributed by atoms with E-state index in [0.29, 0.717) is 6.47 Å². The third-order valence-corrected chi connectivity index (χ3v) is 24.2. The summed E-state index contributed by atoms with van der Waals surface area (Å²) in [6, 6.07) is 50.4. The van der Waals surface area contributed by atoms with Crippen molar-refractivity contribution in [1.29, 1.82) is 5.26 Å². The molecule has 10 nitrogen and oxygen atoms in total. The van der Waals surface area contributed by atoms with Crippen LogP contribution >= 0.6 is 68.0 Å². The molecule has 11 rings (SSSR count). The number of anilines is 3. The van der Waals surface area contributed by atoms with Gasteiger partial charge in [0.2, 0.25) is 5.76 Å². The molecule has 0 aliphatic rings. The van der Waals surface area contributed by atoms with Crippen molar-refractivity contribution < 1.29 is 24.2 Å². The third-order valence-electron chi connectivity index (χ3n) is 16.9. The lowest BCUT2D eigenvalue weighted by Crippen LogP contribution is -2.09. The second kappa shape index (κ2) is 32.7. The SMILES string of the molecule is [C-]#[N+]/C(=C\c1ccc(/C=C/c2cc(CCCCCC)c(-c3cc4sc(-c5ccc(N(c6ccc(OC)cc6)c6ccc(-c7cc8sc(-c9sc(/C=C/c%10ccc(/C=C(\C#N)OC=O)n%10CCCC)cc9CCCCCC)cc8s7)cc6)cc5)cc4s3)s2)n1CCCC)C(=O)O. The Morgan fingerprint density at radius 1 is 0.537 bits per heavy atom. The van der Waals surface area contributed by atoms with Crippen LogP contribution in [0.3, 0.4) is 0 Å². The Morgan fingerprint density at radius 3 is 1.37 bits per heavy atom. The van der Waals surface area contributed by atoms with Crippen molar-refractivity contribution in [3.8, 4) is 52.2 Å². The molecule has 0 spiro atoms. The summed E-state index contributed by atoms with van der Waals surface area (Å²) in [6.45, 7) is 18.1. The highest BCUT2D eigenvalue weighted by Gasteiger charge is 2.21. The number of benzene rings is 3. The van der Waals surface area contributed by atoms with E-state index in [1.54, 1.807) is 13.2 Å². The minimum Gasteiger partial charge on any atom is -0.497 e. The number of aryl methyl sites for hydroxylation is 2. The number of aliphatic carboxylic acids is 1. The summed E-state index contributed by atoms with van der Waals surface area (Å²) in [6.07, 6.45) is 27.4. The summed E-state index contributed by atoms with van der Waals surface area (Å²) in [5.41, 5.74) is 11.6. The Morgan fingerprint density at radius 2 is 0.958 bits per heavy atom. The number of fused-ring (bicyclic) bond motifs is 2. The van der Waals surface area contributed by atoms with Gasteiger partial charge in [-0.25, -0.2) is 4.85 Å². The lowest BCUT2D eigenvalue weighted by Gasteiger charge is -2.26. The Labute approximate surface area is 581 Å². The second-order valence-electron chi connectivity index (χ2n) is 23.5. The summed E-state index contributed by atoms with van der Waals surface area (Å²) < 4.78 is 20.0. The molecule has 484 valence electrons. The molecule has 8 aromatic heterocycles. The maximum atomic E-state index is 11.7. The van der Waals surface area contributed by atoms with Gasteiger partial charge in [-0.05, 0) is 200 Å². The van der Waals surface area contributed by atoms with Crippen LogP contribution in [0.2, 0.25) is 0 Å². The Bertz CT molecular complexity index is 4590. The van der Waals surface area contributed by atoms with Crippen LogP contribution in [-0.2, 0) is 40.3 Å². The molecular weight excluding hydrogens is 1290 g/mol. The number of hydrogen-bond acceptors (Lipinski definition) is 12. The maximum absolute atomic E-state index is 11.7. The van der Waals surface area contributed by atoms with Crippen LogP contribution in [0.1, 0.15) is 148 Å². The number of hydrogen-bond donors (Lipinski definition) is 1. The summed E-state index contributed by atoms with van der Waals surface area (Å²) in [4.78, 5) is 38.5. The van der Waals surface area contributed by atoms with Gasteiger partial charge in [0.25, 0.3) is 12.2 Å². The van der Waals surface area contributed by atoms with E-state index in [1.165, 1.54) is 125 Å². The zero-order valence-corrected chi connectivity index (χ0v) is 59.2. The first-order valence-electron chi connectivity index (χ1n) is 32.8. The summed E-state index contributed by atoms with van der Waals surface area (Å²) in [7, 11) is 1.70. The molecule has 1 N–H and O–H groups in total. The number of unbranched alkanes of at least 4 members (excludes halogenated alkanes) is 8. The Kier molecular flexibility index (Phi) is 23.4. The predicted molar refractivity (Wildman–Crippen MR) is 407 cm³/mol. The highest BCUT2D eigenvalue weighted by atomic mass is 32.1. The van der Waals surface area contributed by atoms with E-state index in [0.717, 1.165) is 110 Å². The fourth-order valence-corrected chi connectivity index (χ4v) is 19.1. The highest BCUT2D eigenvalue weighted by Crippen LogP contribution is 2.48. The van der Waals surface area contributed by atoms with Gasteiger partial charge in [0.1, 0.15) is 11.8 Å². The second-order valence-corrected chi connectivity index (χ2v) is 30.0. The maximum Gasteiger partial charge on any atom is 0.333 e. The molecule has 0 saturated heterocycles. The van der Waals surface area contributed by atoms with Crippen molar-refractivity contribution in [3.63, 3.8) is 0 Å². The van der Waals surface area contributed by atoms with Crippen LogP contribution < -0.4 is 9.64 Å². The van der Waals surface area contributed by atoms with Gasteiger partial charge < -0.3 is 28.6 Å². The van der Waals surface area contributed by atoms with Crippen LogP contribution in [0.5, 0.6) is 5.75 Å². The number of ether oxygens (including phenoxy) is 2. The number of methoxy groups -OCH3 is 1. The molecule has 0 bridgehead atoms. The van der Waals surface area contributed by atoms with Gasteiger partial charge in [0, 0.05) is 117 Å². The zero-order valence-electron chi connectivity index (χ0n) is 54.3. The van der Waals surface area contributed by atoms with E-state index in [2.05, 4.69) is 174 Å². The molecule has 16 heteroatoms. The molecule has 0 unspecified atom stereocenters. The zero-order chi connectivity index (χ0) is 66.2. The minimum absolute atomic E-state index is 0.0305. The van der Waals surface area contributed by atoms with Gasteiger partial charge in [-0.1, -0.05) is 103 Å². The Balaban J connectivity index is 0.822. The van der Waals surface area contributed by atoms with Gasteiger partial charge in [-0.2, -0.15) is 5.26 Å². The summed E-state index contributed by atoms with van der Waals surface area (Å²) in [5, 5.41) is 19.1. The summed E-state index contributed by atoms with van der Waals surface area (Å²) in [5.74, 6) is -0.439. The highest BCUT2D eigenvalue weighted by molar-refractivity contribution is 7.33. The number of rotatable bonds is 33. The molecule has 0 amide bonds. The molecule has 11 aromatic rings. The first-order chi connectivity index (χ1) is 46.5. The number of thiophene rings is 6. The number of nitriles is 1. The van der Waals surface area contributed by atoms with Crippen LogP contribution in [0.25, 0.3) is 100 Å². The quantitative estimate of drug-likeness (QED) is 0.0109. The molecule has 3 aromatic carbocycles. The minimum atomic E-state index is -1.21. The number of carbonyl (C=O) groups excluding carboxylic acids is 1. The summed E-state index contributed by atoms with van der Waals surface area (Å²) >= 11 is 11.1. The molecule has 95 heavy (non-hydrogen) atoms. The van der Waals surface area contributed by atoms with Crippen molar-refractivity contribution in [2.75, 3.05) is 12.0 Å². The molecule has 0 radical (unpaired) electrons. The van der Waals surface area contributed by atoms with Crippen LogP contribution in [0, 0.1) is 17.9 Å².